The number of amides is 1. The van der Waals surface area contributed by atoms with E-state index in [9.17, 15) is 4.79 Å². The van der Waals surface area contributed by atoms with Gasteiger partial charge in [-0.15, -0.1) is 0 Å². The number of nitrogens with zero attached hydrogens (tertiary/aromatic N) is 2. The van der Waals surface area contributed by atoms with Gasteiger partial charge in [0.05, 0.1) is 11.8 Å². The number of thiazole rings is 1. The molecule has 1 N–H and O–H groups in total. The summed E-state index contributed by atoms with van der Waals surface area (Å²) in [4.78, 5) is 21.1. The summed E-state index contributed by atoms with van der Waals surface area (Å²) in [6, 6.07) is 7.05. The number of aromatic nitrogens is 2. The monoisotopic (exact) mass is 381 g/mol. The number of methoxy groups -OCH3 is 1. The van der Waals surface area contributed by atoms with Crippen molar-refractivity contribution >= 4 is 38.4 Å². The van der Waals surface area contributed by atoms with E-state index >= 15 is 0 Å². The van der Waals surface area contributed by atoms with Crippen LogP contribution in [0.1, 0.15) is 21.6 Å². The third-order valence-electron chi connectivity index (χ3n) is 3.88. The van der Waals surface area contributed by atoms with Gasteiger partial charge < -0.3 is 14.2 Å². The Morgan fingerprint density at radius 2 is 2.15 bits per heavy atom. The first-order valence-corrected chi connectivity index (χ1v) is 8.86. The van der Waals surface area contributed by atoms with Gasteiger partial charge >= 0.3 is 0 Å². The number of hydrogen-bond donors (Lipinski definition) is 1. The van der Waals surface area contributed by atoms with Gasteiger partial charge in [0.15, 0.2) is 10.9 Å². The molecule has 3 heterocycles. The molecule has 0 fully saturated rings. The standard InChI is InChI=1S/C19H15N3O4S/c1-11-9-12(5-6-20-11)18(23)22-19-21-16-14(24-2)4-3-13(17(16)27-19)15-10-25-7-8-26-15/h3-10H,1-2H3,(H,21,22,23). The molecule has 0 saturated heterocycles. The number of fused-ring (bicyclic) bond motifs is 1. The van der Waals surface area contributed by atoms with Gasteiger partial charge in [0, 0.05) is 23.0 Å². The highest BCUT2D eigenvalue weighted by Crippen LogP contribution is 2.38. The summed E-state index contributed by atoms with van der Waals surface area (Å²) in [7, 11) is 1.58. The van der Waals surface area contributed by atoms with Crippen LogP contribution in [0.25, 0.3) is 16.0 Å². The predicted molar refractivity (Wildman–Crippen MR) is 102 cm³/mol. The van der Waals surface area contributed by atoms with Crippen LogP contribution in [0.3, 0.4) is 0 Å². The van der Waals surface area contributed by atoms with E-state index in [0.717, 1.165) is 16.0 Å². The molecule has 0 radical (unpaired) electrons. The molecule has 7 nitrogen and oxygen atoms in total. The Morgan fingerprint density at radius 3 is 2.89 bits per heavy atom. The largest absolute Gasteiger partial charge is 0.494 e. The lowest BCUT2D eigenvalue weighted by atomic mass is 10.1. The summed E-state index contributed by atoms with van der Waals surface area (Å²) in [6.07, 6.45) is 6.02. The van der Waals surface area contributed by atoms with Gasteiger partial charge in [-0.2, -0.15) is 0 Å². The second-order valence-electron chi connectivity index (χ2n) is 5.66. The number of anilines is 1. The molecule has 0 bridgehead atoms. The quantitative estimate of drug-likeness (QED) is 0.733. The Kier molecular flexibility index (Phi) is 4.47. The number of nitrogens with one attached hydrogen (secondary N) is 1. The van der Waals surface area contributed by atoms with Crippen molar-refractivity contribution in [1.29, 1.82) is 0 Å². The number of rotatable bonds is 4. The third kappa shape index (κ3) is 3.34. The number of pyridine rings is 1. The number of benzene rings is 1. The van der Waals surface area contributed by atoms with Gasteiger partial charge in [-0.1, -0.05) is 11.3 Å². The van der Waals surface area contributed by atoms with Crippen LogP contribution in [0.5, 0.6) is 5.75 Å². The lowest BCUT2D eigenvalue weighted by molar-refractivity contribution is 0.102. The second kappa shape index (κ2) is 7.08. The smallest absolute Gasteiger partial charge is 0.257 e. The lowest BCUT2D eigenvalue weighted by Gasteiger charge is -2.11. The SMILES string of the molecule is COc1ccc(C2=COC=CO2)c2sc(NC(=O)c3ccnc(C)c3)nc12. The van der Waals surface area contributed by atoms with Crippen molar-refractivity contribution in [2.24, 2.45) is 0 Å². The fourth-order valence-electron chi connectivity index (χ4n) is 2.64. The molecule has 0 saturated carbocycles. The Morgan fingerprint density at radius 1 is 1.26 bits per heavy atom. The molecule has 4 rings (SSSR count). The number of aryl methyl sites for hydroxylation is 1. The summed E-state index contributed by atoms with van der Waals surface area (Å²) in [5.41, 5.74) is 2.73. The van der Waals surface area contributed by atoms with Crippen molar-refractivity contribution in [3.8, 4) is 5.75 Å². The van der Waals surface area contributed by atoms with Crippen LogP contribution in [0.2, 0.25) is 0 Å². The third-order valence-corrected chi connectivity index (χ3v) is 4.88. The number of hydrogen-bond acceptors (Lipinski definition) is 7. The van der Waals surface area contributed by atoms with Gasteiger partial charge in [-0.25, -0.2) is 4.98 Å². The number of carbonyl (C=O) groups is 1. The molecule has 2 aromatic heterocycles. The molecular weight excluding hydrogens is 366 g/mol. The van der Waals surface area contributed by atoms with E-state index in [-0.39, 0.29) is 5.91 Å². The first-order valence-electron chi connectivity index (χ1n) is 8.05. The minimum Gasteiger partial charge on any atom is -0.494 e. The minimum atomic E-state index is -0.250. The first-order chi connectivity index (χ1) is 13.2. The van der Waals surface area contributed by atoms with Crippen molar-refractivity contribution in [3.63, 3.8) is 0 Å². The molecule has 3 aromatic rings. The van der Waals surface area contributed by atoms with E-state index in [4.69, 9.17) is 14.2 Å². The highest BCUT2D eigenvalue weighted by Gasteiger charge is 2.19. The molecule has 8 heteroatoms. The van der Waals surface area contributed by atoms with E-state index in [1.165, 1.54) is 30.1 Å². The van der Waals surface area contributed by atoms with Crippen LogP contribution in [0.15, 0.2) is 49.2 Å². The zero-order valence-corrected chi connectivity index (χ0v) is 15.4. The van der Waals surface area contributed by atoms with Gasteiger partial charge in [-0.3, -0.25) is 15.1 Å². The van der Waals surface area contributed by atoms with Crippen LogP contribution in [-0.4, -0.2) is 23.0 Å². The second-order valence-corrected chi connectivity index (χ2v) is 6.66. The Hall–Kier alpha value is -3.39. The van der Waals surface area contributed by atoms with Gasteiger partial charge in [-0.05, 0) is 31.2 Å². The summed E-state index contributed by atoms with van der Waals surface area (Å²) < 4.78 is 16.9. The van der Waals surface area contributed by atoms with Crippen molar-refractivity contribution in [3.05, 3.63) is 66.1 Å². The fraction of sp³-hybridized carbons (Fsp3) is 0.105. The molecule has 0 spiro atoms. The summed E-state index contributed by atoms with van der Waals surface area (Å²) in [5.74, 6) is 0.911. The van der Waals surface area contributed by atoms with Crippen LogP contribution in [-0.2, 0) is 9.47 Å². The van der Waals surface area contributed by atoms with E-state index in [2.05, 4.69) is 15.3 Å². The first kappa shape index (κ1) is 17.0. The summed E-state index contributed by atoms with van der Waals surface area (Å²) in [6.45, 7) is 1.83. The van der Waals surface area contributed by atoms with E-state index in [1.807, 2.05) is 13.0 Å². The molecule has 136 valence electrons. The normalized spacial score (nSPS) is 12.9. The Labute approximate surface area is 158 Å². The predicted octanol–water partition coefficient (Wildman–Crippen LogP) is 4.08. The number of carbonyl (C=O) groups excluding carboxylic acids is 1. The highest BCUT2D eigenvalue weighted by atomic mass is 32.1. The average Bonchev–Trinajstić information content (AvgIpc) is 3.11. The van der Waals surface area contributed by atoms with Gasteiger partial charge in [0.25, 0.3) is 5.91 Å². The van der Waals surface area contributed by atoms with Crippen molar-refractivity contribution in [2.75, 3.05) is 12.4 Å². The van der Waals surface area contributed by atoms with Crippen molar-refractivity contribution in [2.45, 2.75) is 6.92 Å². The minimum absolute atomic E-state index is 0.250. The van der Waals surface area contributed by atoms with Gasteiger partial charge in [0.2, 0.25) is 0 Å². The van der Waals surface area contributed by atoms with Crippen LogP contribution in [0, 0.1) is 6.92 Å². The van der Waals surface area contributed by atoms with E-state index in [0.29, 0.717) is 27.7 Å². The molecule has 0 atom stereocenters. The van der Waals surface area contributed by atoms with Crippen molar-refractivity contribution in [1.82, 2.24) is 9.97 Å². The Bertz CT molecular complexity index is 1090. The molecule has 1 aromatic carbocycles. The zero-order valence-electron chi connectivity index (χ0n) is 14.6. The molecule has 0 unspecified atom stereocenters. The molecule has 0 aliphatic carbocycles. The molecule has 27 heavy (non-hydrogen) atoms. The molecular formula is C19H15N3O4S. The maximum Gasteiger partial charge on any atom is 0.257 e. The summed E-state index contributed by atoms with van der Waals surface area (Å²) >= 11 is 1.34. The lowest BCUT2D eigenvalue weighted by Crippen LogP contribution is -2.11. The topological polar surface area (TPSA) is 82.6 Å². The molecule has 1 aliphatic rings. The average molecular weight is 381 g/mol. The zero-order chi connectivity index (χ0) is 18.8. The van der Waals surface area contributed by atoms with E-state index < -0.39 is 0 Å². The molecule has 1 amide bonds. The van der Waals surface area contributed by atoms with E-state index in [1.54, 1.807) is 31.5 Å². The maximum atomic E-state index is 12.5. The fourth-order valence-corrected chi connectivity index (χ4v) is 3.64. The van der Waals surface area contributed by atoms with Crippen LogP contribution >= 0.6 is 11.3 Å². The Balaban J connectivity index is 1.72. The van der Waals surface area contributed by atoms with Crippen LogP contribution in [0.4, 0.5) is 5.13 Å². The van der Waals surface area contributed by atoms with Gasteiger partial charge in [0.1, 0.15) is 30.1 Å². The van der Waals surface area contributed by atoms with Crippen molar-refractivity contribution < 1.29 is 19.0 Å². The summed E-state index contributed by atoms with van der Waals surface area (Å²) in [5, 5.41) is 3.30. The molecule has 1 aliphatic heterocycles. The maximum absolute atomic E-state index is 12.5. The highest BCUT2D eigenvalue weighted by molar-refractivity contribution is 7.22. The van der Waals surface area contributed by atoms with Crippen LogP contribution < -0.4 is 10.1 Å². The number of ether oxygens (including phenoxy) is 3.